The Bertz CT molecular complexity index is 1410. The average Bonchev–Trinajstić information content (AvgIpc) is 3.22. The molecule has 0 amide bonds. The van der Waals surface area contributed by atoms with Gasteiger partial charge in [0.05, 0.1) is 29.5 Å². The summed E-state index contributed by atoms with van der Waals surface area (Å²) >= 11 is 1.59. The molecule has 10 heteroatoms. The van der Waals surface area contributed by atoms with Crippen LogP contribution in [0.2, 0.25) is 0 Å². The maximum Gasteiger partial charge on any atom is 0.243 e. The van der Waals surface area contributed by atoms with Crippen LogP contribution in [0.15, 0.2) is 75.7 Å². The molecule has 1 fully saturated rings. The quantitative estimate of drug-likeness (QED) is 0.490. The van der Waals surface area contributed by atoms with Crippen molar-refractivity contribution >= 4 is 38.4 Å². The number of hydrazone groups is 1. The number of ether oxygens (including phenoxy) is 1. The number of hydrogen-bond donors (Lipinski definition) is 1. The van der Waals surface area contributed by atoms with E-state index in [0.29, 0.717) is 42.9 Å². The highest BCUT2D eigenvalue weighted by atomic mass is 32.2. The van der Waals surface area contributed by atoms with Crippen molar-refractivity contribution in [2.24, 2.45) is 10.1 Å². The van der Waals surface area contributed by atoms with Crippen molar-refractivity contribution in [3.8, 4) is 0 Å². The van der Waals surface area contributed by atoms with Crippen LogP contribution in [-0.2, 0) is 27.7 Å². The van der Waals surface area contributed by atoms with Crippen LogP contribution in [0.1, 0.15) is 22.5 Å². The number of aromatic nitrogens is 1. The Kier molecular flexibility index (Phi) is 7.80. The van der Waals surface area contributed by atoms with E-state index in [-0.39, 0.29) is 4.90 Å². The highest BCUT2D eigenvalue weighted by Crippen LogP contribution is 2.24. The minimum absolute atomic E-state index is 0.269. The van der Waals surface area contributed by atoms with Crippen molar-refractivity contribution in [3.63, 3.8) is 0 Å². The lowest BCUT2D eigenvalue weighted by molar-refractivity contribution is 0.0730. The summed E-state index contributed by atoms with van der Waals surface area (Å²) in [6.45, 7) is 6.82. The Balaban J connectivity index is 1.25. The standard InChI is InChI=1S/C27H31N5O3S2/c1-20-18-25(21(2)32(20)13-12-22-6-4-3-5-7-22)26-19-36-27(30-29-26)28-23-8-10-24(11-9-23)37(33,34)31-14-16-35-17-15-31/h3-11,18H,12-17,19H2,1-2H3,(H,28,30). The maximum atomic E-state index is 12.8. The fourth-order valence-corrected chi connectivity index (χ4v) is 6.76. The van der Waals surface area contributed by atoms with Gasteiger partial charge in [-0.25, -0.2) is 13.4 Å². The Hall–Kier alpha value is -2.92. The number of nitrogens with one attached hydrogen (secondary N) is 1. The van der Waals surface area contributed by atoms with Crippen molar-refractivity contribution in [2.75, 3.05) is 32.1 Å². The first-order chi connectivity index (χ1) is 17.9. The van der Waals surface area contributed by atoms with E-state index in [1.165, 1.54) is 21.3 Å². The molecule has 0 saturated carbocycles. The van der Waals surface area contributed by atoms with Gasteiger partial charge < -0.3 is 9.30 Å². The highest BCUT2D eigenvalue weighted by molar-refractivity contribution is 8.14. The number of rotatable bonds is 7. The molecule has 0 atom stereocenters. The van der Waals surface area contributed by atoms with Gasteiger partial charge in [0.2, 0.25) is 10.0 Å². The minimum atomic E-state index is -3.52. The Morgan fingerprint density at radius 1 is 1.05 bits per heavy atom. The highest BCUT2D eigenvalue weighted by Gasteiger charge is 2.26. The summed E-state index contributed by atoms with van der Waals surface area (Å²) < 4.78 is 34.7. The smallest absolute Gasteiger partial charge is 0.243 e. The van der Waals surface area contributed by atoms with Gasteiger partial charge in [-0.05, 0) is 56.2 Å². The van der Waals surface area contributed by atoms with E-state index in [1.54, 1.807) is 36.0 Å². The number of aryl methyl sites for hydroxylation is 2. The maximum absolute atomic E-state index is 12.8. The minimum Gasteiger partial charge on any atom is -0.379 e. The Morgan fingerprint density at radius 3 is 2.46 bits per heavy atom. The molecule has 3 aromatic rings. The molecule has 0 bridgehead atoms. The molecule has 3 heterocycles. The van der Waals surface area contributed by atoms with Gasteiger partial charge in [-0.1, -0.05) is 42.1 Å². The van der Waals surface area contributed by atoms with E-state index >= 15 is 0 Å². The largest absolute Gasteiger partial charge is 0.379 e. The van der Waals surface area contributed by atoms with Crippen LogP contribution in [0.3, 0.4) is 0 Å². The SMILES string of the molecule is Cc1cc(C2=NNC(=Nc3ccc(S(=O)(=O)N4CCOCC4)cc3)SC2)c(C)n1CCc1ccccc1. The van der Waals surface area contributed by atoms with E-state index in [1.807, 2.05) is 6.07 Å². The summed E-state index contributed by atoms with van der Waals surface area (Å²) in [5, 5.41) is 5.30. The third-order valence-corrected chi connectivity index (χ3v) is 9.45. The molecule has 0 radical (unpaired) electrons. The molecular weight excluding hydrogens is 506 g/mol. The van der Waals surface area contributed by atoms with Gasteiger partial charge in [0.25, 0.3) is 0 Å². The van der Waals surface area contributed by atoms with Gasteiger partial charge in [0.15, 0.2) is 5.17 Å². The summed E-state index contributed by atoms with van der Waals surface area (Å²) in [6, 6.07) is 19.4. The second-order valence-electron chi connectivity index (χ2n) is 9.06. The molecule has 0 spiro atoms. The summed E-state index contributed by atoms with van der Waals surface area (Å²) in [5.41, 5.74) is 9.67. The molecule has 2 aliphatic heterocycles. The van der Waals surface area contributed by atoms with Crippen LogP contribution in [0.4, 0.5) is 5.69 Å². The lowest BCUT2D eigenvalue weighted by atomic mass is 10.1. The van der Waals surface area contributed by atoms with Crippen LogP contribution >= 0.6 is 11.8 Å². The molecule has 2 aliphatic rings. The zero-order chi connectivity index (χ0) is 25.8. The third-order valence-electron chi connectivity index (χ3n) is 6.66. The molecule has 1 aromatic heterocycles. The van der Waals surface area contributed by atoms with Crippen molar-refractivity contribution in [3.05, 3.63) is 83.2 Å². The summed E-state index contributed by atoms with van der Waals surface area (Å²) in [5.74, 6) is 0.707. The number of amidine groups is 1. The molecule has 1 saturated heterocycles. The fraction of sp³-hybridized carbons (Fsp3) is 0.333. The van der Waals surface area contributed by atoms with Gasteiger partial charge in [-0.15, -0.1) is 0 Å². The second kappa shape index (κ2) is 11.2. The molecule has 5 rings (SSSR count). The van der Waals surface area contributed by atoms with E-state index in [0.717, 1.165) is 24.2 Å². The third kappa shape index (κ3) is 5.82. The molecule has 0 aliphatic carbocycles. The van der Waals surface area contributed by atoms with Gasteiger partial charge in [-0.3, -0.25) is 5.43 Å². The first-order valence-electron chi connectivity index (χ1n) is 12.3. The first-order valence-corrected chi connectivity index (χ1v) is 14.8. The zero-order valence-corrected chi connectivity index (χ0v) is 22.7. The first kappa shape index (κ1) is 25.7. The van der Waals surface area contributed by atoms with Gasteiger partial charge in [0, 0.05) is 42.3 Å². The molecule has 2 aromatic carbocycles. The number of sulfonamides is 1. The normalized spacial score (nSPS) is 18.0. The Morgan fingerprint density at radius 2 is 1.78 bits per heavy atom. The van der Waals surface area contributed by atoms with Crippen molar-refractivity contribution in [2.45, 2.75) is 31.7 Å². The van der Waals surface area contributed by atoms with Gasteiger partial charge in [-0.2, -0.15) is 9.41 Å². The van der Waals surface area contributed by atoms with E-state index in [9.17, 15) is 8.42 Å². The molecule has 1 N–H and O–H groups in total. The summed E-state index contributed by atoms with van der Waals surface area (Å²) in [7, 11) is -3.52. The lowest BCUT2D eigenvalue weighted by Gasteiger charge is -2.26. The Labute approximate surface area is 222 Å². The summed E-state index contributed by atoms with van der Waals surface area (Å²) in [6.07, 6.45) is 0.986. The number of morpholine rings is 1. The monoisotopic (exact) mass is 537 g/mol. The van der Waals surface area contributed by atoms with Crippen LogP contribution in [-0.4, -0.2) is 60.2 Å². The zero-order valence-electron chi connectivity index (χ0n) is 21.1. The average molecular weight is 538 g/mol. The molecule has 0 unspecified atom stereocenters. The van der Waals surface area contributed by atoms with Gasteiger partial charge >= 0.3 is 0 Å². The predicted octanol–water partition coefficient (Wildman–Crippen LogP) is 4.10. The molecule has 37 heavy (non-hydrogen) atoms. The van der Waals surface area contributed by atoms with E-state index < -0.39 is 10.0 Å². The predicted molar refractivity (Wildman–Crippen MR) is 149 cm³/mol. The number of thioether (sulfide) groups is 1. The van der Waals surface area contributed by atoms with Crippen molar-refractivity contribution in [1.29, 1.82) is 0 Å². The fourth-order valence-electron chi connectivity index (χ4n) is 4.58. The van der Waals surface area contributed by atoms with Gasteiger partial charge in [0.1, 0.15) is 0 Å². The van der Waals surface area contributed by atoms with Crippen molar-refractivity contribution < 1.29 is 13.2 Å². The van der Waals surface area contributed by atoms with Crippen LogP contribution < -0.4 is 5.43 Å². The molecule has 8 nitrogen and oxygen atoms in total. The van der Waals surface area contributed by atoms with E-state index in [2.05, 4.69) is 64.3 Å². The topological polar surface area (TPSA) is 88.3 Å². The molecule has 194 valence electrons. The van der Waals surface area contributed by atoms with Crippen LogP contribution in [0.25, 0.3) is 0 Å². The molecular formula is C27H31N5O3S2. The number of hydrogen-bond acceptors (Lipinski definition) is 6. The van der Waals surface area contributed by atoms with Crippen LogP contribution in [0, 0.1) is 13.8 Å². The number of benzene rings is 2. The lowest BCUT2D eigenvalue weighted by Crippen LogP contribution is -2.40. The second-order valence-corrected chi connectivity index (χ2v) is 12.0. The van der Waals surface area contributed by atoms with Crippen molar-refractivity contribution in [1.82, 2.24) is 14.3 Å². The summed E-state index contributed by atoms with van der Waals surface area (Å²) in [4.78, 5) is 4.89. The van der Waals surface area contributed by atoms with Crippen LogP contribution in [0.5, 0.6) is 0 Å². The number of aliphatic imine (C=N–C) groups is 1. The van der Waals surface area contributed by atoms with E-state index in [4.69, 9.17) is 4.74 Å². The number of nitrogens with zero attached hydrogens (tertiary/aromatic N) is 4.